The molecule has 1 saturated carbocycles. The zero-order chi connectivity index (χ0) is 21.2. The molecule has 2 aromatic heterocycles. The van der Waals surface area contributed by atoms with E-state index >= 15 is 0 Å². The second kappa shape index (κ2) is 8.14. The number of rotatable bonds is 4. The SMILES string of the molecule is O=C(NC1CCC(c2n[nH]c(=O)c3ccccc23)CC1)c1ccc(-n2cncn2)cc1. The van der Waals surface area contributed by atoms with E-state index in [2.05, 4.69) is 25.6 Å². The van der Waals surface area contributed by atoms with Crippen molar-refractivity contribution in [3.63, 3.8) is 0 Å². The Morgan fingerprint density at radius 2 is 1.74 bits per heavy atom. The fraction of sp³-hybridized carbons (Fsp3) is 0.261. The first-order valence-electron chi connectivity index (χ1n) is 10.4. The van der Waals surface area contributed by atoms with Crippen molar-refractivity contribution in [2.75, 3.05) is 0 Å². The van der Waals surface area contributed by atoms with E-state index in [1.54, 1.807) is 23.1 Å². The predicted molar refractivity (Wildman–Crippen MR) is 116 cm³/mol. The molecule has 0 atom stereocenters. The van der Waals surface area contributed by atoms with Crippen LogP contribution in [0.2, 0.25) is 0 Å². The van der Waals surface area contributed by atoms with E-state index < -0.39 is 0 Å². The summed E-state index contributed by atoms with van der Waals surface area (Å²) in [7, 11) is 0. The molecule has 0 radical (unpaired) electrons. The van der Waals surface area contributed by atoms with Gasteiger partial charge in [-0.1, -0.05) is 18.2 Å². The lowest BCUT2D eigenvalue weighted by molar-refractivity contribution is 0.0925. The van der Waals surface area contributed by atoms with Crippen LogP contribution in [0.5, 0.6) is 0 Å². The van der Waals surface area contributed by atoms with Crippen molar-refractivity contribution in [2.24, 2.45) is 0 Å². The van der Waals surface area contributed by atoms with Gasteiger partial charge in [0.25, 0.3) is 11.5 Å². The van der Waals surface area contributed by atoms with Crippen LogP contribution in [0, 0.1) is 0 Å². The average Bonchev–Trinajstić information content (AvgIpc) is 3.35. The number of carbonyl (C=O) groups is 1. The minimum Gasteiger partial charge on any atom is -0.349 e. The fourth-order valence-corrected chi connectivity index (χ4v) is 4.33. The maximum atomic E-state index is 12.7. The maximum Gasteiger partial charge on any atom is 0.272 e. The molecule has 8 heteroatoms. The molecule has 1 aliphatic rings. The zero-order valence-corrected chi connectivity index (χ0v) is 16.9. The fourth-order valence-electron chi connectivity index (χ4n) is 4.33. The van der Waals surface area contributed by atoms with Crippen LogP contribution < -0.4 is 10.9 Å². The van der Waals surface area contributed by atoms with E-state index in [1.165, 1.54) is 6.33 Å². The van der Waals surface area contributed by atoms with Gasteiger partial charge in [0, 0.05) is 22.9 Å². The number of fused-ring (bicyclic) bond motifs is 1. The van der Waals surface area contributed by atoms with E-state index in [0.29, 0.717) is 10.9 Å². The summed E-state index contributed by atoms with van der Waals surface area (Å²) in [4.78, 5) is 28.6. The molecule has 0 spiro atoms. The number of carbonyl (C=O) groups excluding carboxylic acids is 1. The number of H-pyrrole nitrogens is 1. The summed E-state index contributed by atoms with van der Waals surface area (Å²) in [6.07, 6.45) is 6.68. The molecule has 156 valence electrons. The average molecular weight is 414 g/mol. The molecular weight excluding hydrogens is 392 g/mol. The third-order valence-electron chi connectivity index (χ3n) is 5.99. The molecule has 5 rings (SSSR count). The molecule has 4 aromatic rings. The summed E-state index contributed by atoms with van der Waals surface area (Å²) in [6.45, 7) is 0. The van der Waals surface area contributed by atoms with Crippen molar-refractivity contribution in [3.05, 3.63) is 82.8 Å². The minimum absolute atomic E-state index is 0.0683. The number of aromatic nitrogens is 5. The largest absolute Gasteiger partial charge is 0.349 e. The van der Waals surface area contributed by atoms with Crippen molar-refractivity contribution in [2.45, 2.75) is 37.6 Å². The lowest BCUT2D eigenvalue weighted by atomic mass is 9.82. The van der Waals surface area contributed by atoms with Gasteiger partial charge in [-0.15, -0.1) is 0 Å². The standard InChI is InChI=1S/C23H22N6O2/c30-22(16-7-11-18(12-8-16)29-14-24-13-25-29)26-17-9-5-15(6-10-17)21-19-3-1-2-4-20(19)23(31)28-27-21/h1-4,7-8,11-15,17H,5-6,9-10H2,(H,26,30)(H,28,31). The molecule has 8 nitrogen and oxygen atoms in total. The quantitative estimate of drug-likeness (QED) is 0.534. The van der Waals surface area contributed by atoms with E-state index in [0.717, 1.165) is 42.5 Å². The van der Waals surface area contributed by atoms with Crippen LogP contribution >= 0.6 is 0 Å². The molecular formula is C23H22N6O2. The number of nitrogens with one attached hydrogen (secondary N) is 2. The molecule has 0 saturated heterocycles. The van der Waals surface area contributed by atoms with Crippen LogP contribution in [-0.4, -0.2) is 36.9 Å². The number of nitrogens with zero attached hydrogens (tertiary/aromatic N) is 4. The monoisotopic (exact) mass is 414 g/mol. The van der Waals surface area contributed by atoms with E-state index in [1.807, 2.05) is 36.4 Å². The second-order valence-electron chi connectivity index (χ2n) is 7.89. The smallest absolute Gasteiger partial charge is 0.272 e. The van der Waals surface area contributed by atoms with Crippen LogP contribution in [0.15, 0.2) is 66.0 Å². The highest BCUT2D eigenvalue weighted by Gasteiger charge is 2.26. The van der Waals surface area contributed by atoms with E-state index in [-0.39, 0.29) is 23.4 Å². The molecule has 1 fully saturated rings. The van der Waals surface area contributed by atoms with Crippen molar-refractivity contribution in [1.82, 2.24) is 30.3 Å². The van der Waals surface area contributed by atoms with Crippen LogP contribution in [0.3, 0.4) is 0 Å². The first-order chi connectivity index (χ1) is 15.2. The van der Waals surface area contributed by atoms with Gasteiger partial charge < -0.3 is 5.32 Å². The second-order valence-corrected chi connectivity index (χ2v) is 7.89. The van der Waals surface area contributed by atoms with Crippen molar-refractivity contribution < 1.29 is 4.79 Å². The van der Waals surface area contributed by atoms with Gasteiger partial charge in [-0.25, -0.2) is 14.8 Å². The topological polar surface area (TPSA) is 106 Å². The molecule has 0 aliphatic heterocycles. The number of hydrogen-bond donors (Lipinski definition) is 2. The van der Waals surface area contributed by atoms with Gasteiger partial charge in [0.1, 0.15) is 12.7 Å². The van der Waals surface area contributed by atoms with Gasteiger partial charge in [-0.05, 0) is 56.0 Å². The van der Waals surface area contributed by atoms with Gasteiger partial charge in [0.2, 0.25) is 0 Å². The van der Waals surface area contributed by atoms with Crippen molar-refractivity contribution >= 4 is 16.7 Å². The number of benzene rings is 2. The summed E-state index contributed by atoms with van der Waals surface area (Å²) in [6, 6.07) is 15.0. The molecule has 2 N–H and O–H groups in total. The Labute approximate surface area is 178 Å². The van der Waals surface area contributed by atoms with E-state index in [4.69, 9.17) is 0 Å². The highest BCUT2D eigenvalue weighted by molar-refractivity contribution is 5.94. The van der Waals surface area contributed by atoms with Gasteiger partial charge >= 0.3 is 0 Å². The zero-order valence-electron chi connectivity index (χ0n) is 16.9. The first-order valence-corrected chi connectivity index (χ1v) is 10.4. The maximum absolute atomic E-state index is 12.7. The lowest BCUT2D eigenvalue weighted by Crippen LogP contribution is -2.37. The van der Waals surface area contributed by atoms with Gasteiger partial charge in [0.15, 0.2) is 0 Å². The third-order valence-corrected chi connectivity index (χ3v) is 5.99. The van der Waals surface area contributed by atoms with Crippen LogP contribution in [-0.2, 0) is 0 Å². The Balaban J connectivity index is 1.23. The Bertz CT molecular complexity index is 1260. The highest BCUT2D eigenvalue weighted by atomic mass is 16.1. The normalized spacial score (nSPS) is 18.7. The summed E-state index contributed by atoms with van der Waals surface area (Å²) in [5.74, 6) is 0.207. The molecule has 31 heavy (non-hydrogen) atoms. The number of hydrogen-bond acceptors (Lipinski definition) is 5. The van der Waals surface area contributed by atoms with Gasteiger partial charge in [-0.2, -0.15) is 10.2 Å². The molecule has 1 aliphatic carbocycles. The summed E-state index contributed by atoms with van der Waals surface area (Å²) >= 11 is 0. The molecule has 0 bridgehead atoms. The highest BCUT2D eigenvalue weighted by Crippen LogP contribution is 2.34. The number of aromatic amines is 1. The molecule has 2 heterocycles. The van der Waals surface area contributed by atoms with Crippen molar-refractivity contribution in [1.29, 1.82) is 0 Å². The Morgan fingerprint density at radius 1 is 1.00 bits per heavy atom. The summed E-state index contributed by atoms with van der Waals surface area (Å²) in [5.41, 5.74) is 2.27. The Morgan fingerprint density at radius 3 is 2.45 bits per heavy atom. The summed E-state index contributed by atoms with van der Waals surface area (Å²) < 4.78 is 1.65. The Hall–Kier alpha value is -3.81. The molecule has 1 amide bonds. The third kappa shape index (κ3) is 3.84. The van der Waals surface area contributed by atoms with Crippen LogP contribution in [0.1, 0.15) is 47.7 Å². The number of amides is 1. The predicted octanol–water partition coefficient (Wildman–Crippen LogP) is 2.96. The molecule has 0 unspecified atom stereocenters. The van der Waals surface area contributed by atoms with Crippen LogP contribution in [0.25, 0.3) is 16.5 Å². The Kier molecular flexibility index (Phi) is 5.03. The van der Waals surface area contributed by atoms with E-state index in [9.17, 15) is 9.59 Å². The van der Waals surface area contributed by atoms with Crippen LogP contribution in [0.4, 0.5) is 0 Å². The van der Waals surface area contributed by atoms with Gasteiger partial charge in [0.05, 0.1) is 16.8 Å². The van der Waals surface area contributed by atoms with Gasteiger partial charge in [-0.3, -0.25) is 9.59 Å². The minimum atomic E-state index is -0.157. The summed E-state index contributed by atoms with van der Waals surface area (Å²) in [5, 5.41) is 15.8. The first kappa shape index (κ1) is 19.2. The molecule has 2 aromatic carbocycles. The van der Waals surface area contributed by atoms with Crippen molar-refractivity contribution in [3.8, 4) is 5.69 Å². The lowest BCUT2D eigenvalue weighted by Gasteiger charge is -2.29.